The Morgan fingerprint density at radius 3 is 2.31 bits per heavy atom. The first-order valence-corrected chi connectivity index (χ1v) is 13.1. The van der Waals surface area contributed by atoms with Crippen LogP contribution in [0.25, 0.3) is 0 Å². The Bertz CT molecular complexity index is 1200. The summed E-state index contributed by atoms with van der Waals surface area (Å²) in [4.78, 5) is 34.7. The number of amides is 2. The number of aromatic nitrogens is 1. The highest BCUT2D eigenvalue weighted by Gasteiger charge is 2.36. The van der Waals surface area contributed by atoms with E-state index >= 15 is 0 Å². The molecule has 4 rings (SSSR count). The number of hydrogen-bond donors (Lipinski definition) is 1. The lowest BCUT2D eigenvalue weighted by molar-refractivity contribution is -0.123. The Hall–Kier alpha value is -3.39. The van der Waals surface area contributed by atoms with Gasteiger partial charge < -0.3 is 14.8 Å². The first-order valence-electron chi connectivity index (χ1n) is 12.3. The molecule has 1 aliphatic rings. The van der Waals surface area contributed by atoms with Crippen molar-refractivity contribution in [2.45, 2.75) is 58.0 Å². The van der Waals surface area contributed by atoms with Crippen LogP contribution in [0, 0.1) is 13.8 Å². The number of thiazole rings is 1. The number of anilines is 1. The molecule has 0 spiro atoms. The fraction of sp³-hybridized carbons (Fsp3) is 0.393. The Balaban J connectivity index is 1.83. The zero-order valence-electron chi connectivity index (χ0n) is 21.2. The number of hydrogen-bond acceptors (Lipinski definition) is 6. The number of nitrogens with zero attached hydrogens (tertiary/aromatic N) is 2. The molecule has 0 unspecified atom stereocenters. The van der Waals surface area contributed by atoms with Gasteiger partial charge in [0.2, 0.25) is 5.91 Å². The van der Waals surface area contributed by atoms with Crippen molar-refractivity contribution in [3.05, 3.63) is 69.7 Å². The van der Waals surface area contributed by atoms with Gasteiger partial charge in [-0.15, -0.1) is 11.3 Å². The summed E-state index contributed by atoms with van der Waals surface area (Å²) in [6, 6.07) is 13.8. The van der Waals surface area contributed by atoms with E-state index in [9.17, 15) is 9.59 Å². The smallest absolute Gasteiger partial charge is 0.271 e. The molecule has 1 aliphatic carbocycles. The molecule has 8 heteroatoms. The molecule has 36 heavy (non-hydrogen) atoms. The molecule has 1 aromatic heterocycles. The van der Waals surface area contributed by atoms with E-state index in [1.54, 1.807) is 25.2 Å². The summed E-state index contributed by atoms with van der Waals surface area (Å²) in [5, 5.41) is 4.04. The van der Waals surface area contributed by atoms with Crippen molar-refractivity contribution in [1.82, 2.24) is 10.3 Å². The number of carbonyl (C=O) groups excluding carboxylic acids is 2. The number of benzene rings is 2. The van der Waals surface area contributed by atoms with Crippen molar-refractivity contribution in [2.24, 2.45) is 0 Å². The van der Waals surface area contributed by atoms with E-state index in [1.165, 1.54) is 17.8 Å². The minimum atomic E-state index is -0.890. The van der Waals surface area contributed by atoms with Crippen molar-refractivity contribution in [1.29, 1.82) is 0 Å². The molecule has 0 radical (unpaired) electrons. The Morgan fingerprint density at radius 1 is 1.00 bits per heavy atom. The highest BCUT2D eigenvalue weighted by Crippen LogP contribution is 2.34. The van der Waals surface area contributed by atoms with Crippen LogP contribution in [-0.2, 0) is 4.79 Å². The molecule has 1 N–H and O–H groups in total. The quantitative estimate of drug-likeness (QED) is 0.428. The Labute approximate surface area is 216 Å². The monoisotopic (exact) mass is 507 g/mol. The van der Waals surface area contributed by atoms with E-state index in [2.05, 4.69) is 10.3 Å². The van der Waals surface area contributed by atoms with Crippen LogP contribution in [0.2, 0.25) is 0 Å². The van der Waals surface area contributed by atoms with Gasteiger partial charge in [-0.2, -0.15) is 0 Å². The number of methoxy groups -OCH3 is 2. The van der Waals surface area contributed by atoms with E-state index in [1.807, 2.05) is 56.3 Å². The van der Waals surface area contributed by atoms with E-state index in [4.69, 9.17) is 9.47 Å². The number of ether oxygens (including phenoxy) is 2. The van der Waals surface area contributed by atoms with Crippen molar-refractivity contribution in [2.75, 3.05) is 19.1 Å². The maximum atomic E-state index is 14.2. The SMILES string of the molecule is COc1ccc([C@@H](C(=O)NC2CCCCC2)N(C(=O)c2sc(C)nc2C)c2cccc(OC)c2)cc1. The topological polar surface area (TPSA) is 80.8 Å². The van der Waals surface area contributed by atoms with Gasteiger partial charge in [0.05, 0.1) is 24.9 Å². The molecule has 2 amide bonds. The van der Waals surface area contributed by atoms with Gasteiger partial charge in [0, 0.05) is 17.8 Å². The molecule has 190 valence electrons. The second kappa shape index (κ2) is 11.6. The lowest BCUT2D eigenvalue weighted by Crippen LogP contribution is -2.47. The predicted molar refractivity (Wildman–Crippen MR) is 142 cm³/mol. The second-order valence-electron chi connectivity index (χ2n) is 9.04. The van der Waals surface area contributed by atoms with Crippen molar-refractivity contribution >= 4 is 28.8 Å². The van der Waals surface area contributed by atoms with Gasteiger partial charge in [-0.1, -0.05) is 37.5 Å². The first-order chi connectivity index (χ1) is 17.4. The van der Waals surface area contributed by atoms with Crippen LogP contribution in [0.1, 0.15) is 64.1 Å². The molecule has 7 nitrogen and oxygen atoms in total. The van der Waals surface area contributed by atoms with Crippen LogP contribution in [0.15, 0.2) is 48.5 Å². The van der Waals surface area contributed by atoms with E-state index < -0.39 is 6.04 Å². The lowest BCUT2D eigenvalue weighted by atomic mass is 9.94. The summed E-state index contributed by atoms with van der Waals surface area (Å²) in [7, 11) is 3.18. The third-order valence-corrected chi connectivity index (χ3v) is 7.60. The van der Waals surface area contributed by atoms with E-state index in [0.717, 1.165) is 30.7 Å². The summed E-state index contributed by atoms with van der Waals surface area (Å²) < 4.78 is 10.8. The molecule has 0 saturated heterocycles. The van der Waals surface area contributed by atoms with Gasteiger partial charge in [0.1, 0.15) is 22.4 Å². The van der Waals surface area contributed by atoms with Crippen molar-refractivity contribution in [3.8, 4) is 11.5 Å². The summed E-state index contributed by atoms with van der Waals surface area (Å²) in [5.74, 6) is 0.801. The summed E-state index contributed by atoms with van der Waals surface area (Å²) in [5.41, 5.74) is 1.92. The number of carbonyl (C=O) groups is 2. The average Bonchev–Trinajstić information content (AvgIpc) is 3.25. The minimum absolute atomic E-state index is 0.0987. The van der Waals surface area contributed by atoms with Gasteiger partial charge in [0.15, 0.2) is 0 Å². The molecule has 0 aliphatic heterocycles. The second-order valence-corrected chi connectivity index (χ2v) is 10.2. The van der Waals surface area contributed by atoms with Crippen molar-refractivity contribution < 1.29 is 19.1 Å². The fourth-order valence-electron chi connectivity index (χ4n) is 4.71. The molecule has 2 aromatic carbocycles. The predicted octanol–water partition coefficient (Wildman–Crippen LogP) is 5.61. The third-order valence-electron chi connectivity index (χ3n) is 6.54. The first kappa shape index (κ1) is 25.7. The average molecular weight is 508 g/mol. The van der Waals surface area contributed by atoms with E-state index in [0.29, 0.717) is 33.3 Å². The number of aryl methyl sites for hydroxylation is 2. The summed E-state index contributed by atoms with van der Waals surface area (Å²) in [6.45, 7) is 3.70. The molecule has 1 saturated carbocycles. The summed E-state index contributed by atoms with van der Waals surface area (Å²) in [6.07, 6.45) is 5.27. The molecule has 3 aromatic rings. The molecule has 1 fully saturated rings. The summed E-state index contributed by atoms with van der Waals surface area (Å²) >= 11 is 1.34. The highest BCUT2D eigenvalue weighted by atomic mass is 32.1. The van der Waals surface area contributed by atoms with Crippen LogP contribution in [0.4, 0.5) is 5.69 Å². The van der Waals surface area contributed by atoms with Crippen LogP contribution in [-0.4, -0.2) is 37.1 Å². The van der Waals surface area contributed by atoms with Crippen molar-refractivity contribution in [3.63, 3.8) is 0 Å². The van der Waals surface area contributed by atoms with Crippen LogP contribution in [0.3, 0.4) is 0 Å². The van der Waals surface area contributed by atoms with Gasteiger partial charge >= 0.3 is 0 Å². The zero-order chi connectivity index (χ0) is 25.7. The normalized spacial score (nSPS) is 14.7. The van der Waals surface area contributed by atoms with Crippen LogP contribution in [0.5, 0.6) is 11.5 Å². The molecular formula is C28H33N3O4S. The third kappa shape index (κ3) is 5.70. The van der Waals surface area contributed by atoms with E-state index in [-0.39, 0.29) is 17.9 Å². The maximum absolute atomic E-state index is 14.2. The Kier molecular flexibility index (Phi) is 8.25. The maximum Gasteiger partial charge on any atom is 0.271 e. The van der Waals surface area contributed by atoms with Gasteiger partial charge in [-0.05, 0) is 56.5 Å². The van der Waals surface area contributed by atoms with Crippen LogP contribution >= 0.6 is 11.3 Å². The Morgan fingerprint density at radius 2 is 1.69 bits per heavy atom. The van der Waals surface area contributed by atoms with Crippen LogP contribution < -0.4 is 19.7 Å². The van der Waals surface area contributed by atoms with Gasteiger partial charge in [-0.25, -0.2) is 4.98 Å². The zero-order valence-corrected chi connectivity index (χ0v) is 22.1. The van der Waals surface area contributed by atoms with Gasteiger partial charge in [0.25, 0.3) is 5.91 Å². The molecular weight excluding hydrogens is 474 g/mol. The lowest BCUT2D eigenvalue weighted by Gasteiger charge is -2.33. The standard InChI is InChI=1S/C28H33N3O4S/c1-18-26(36-19(2)29-18)28(33)31(22-11-8-12-24(17-22)35-4)25(20-13-15-23(34-3)16-14-20)27(32)30-21-9-6-5-7-10-21/h8,11-17,21,25H,5-7,9-10H2,1-4H3,(H,30,32)/t25-/m0/s1. The molecule has 1 heterocycles. The number of rotatable bonds is 8. The number of nitrogens with one attached hydrogen (secondary N) is 1. The highest BCUT2D eigenvalue weighted by molar-refractivity contribution is 7.13. The molecule has 1 atom stereocenters. The van der Waals surface area contributed by atoms with Gasteiger partial charge in [-0.3, -0.25) is 14.5 Å². The minimum Gasteiger partial charge on any atom is -0.497 e. The molecule has 0 bridgehead atoms. The largest absolute Gasteiger partial charge is 0.497 e. The fourth-order valence-corrected chi connectivity index (χ4v) is 5.57.